The van der Waals surface area contributed by atoms with Crippen LogP contribution in [-0.4, -0.2) is 27.1 Å². The zero-order valence-corrected chi connectivity index (χ0v) is 14.2. The Bertz CT molecular complexity index is 810. The van der Waals surface area contributed by atoms with Gasteiger partial charge in [0.2, 0.25) is 5.91 Å². The molecule has 0 bridgehead atoms. The second kappa shape index (κ2) is 6.61. The van der Waals surface area contributed by atoms with Gasteiger partial charge in [0.1, 0.15) is 0 Å². The maximum Gasteiger partial charge on any atom is 0.227 e. The molecule has 1 aromatic carbocycles. The summed E-state index contributed by atoms with van der Waals surface area (Å²) in [5, 5.41) is 8.62. The quantitative estimate of drug-likeness (QED) is 0.725. The number of carbonyl (C=O) groups is 1. The lowest BCUT2D eigenvalue weighted by Crippen LogP contribution is -2.31. The molecule has 4 nitrogen and oxygen atoms in total. The van der Waals surface area contributed by atoms with Crippen molar-refractivity contribution in [2.24, 2.45) is 0 Å². The van der Waals surface area contributed by atoms with Gasteiger partial charge in [-0.2, -0.15) is 16.4 Å². The topological polar surface area (TPSA) is 38.1 Å². The number of hydrogen-bond acceptors (Lipinski definition) is 3. The lowest BCUT2D eigenvalue weighted by atomic mass is 10.1. The van der Waals surface area contributed by atoms with Crippen LogP contribution in [0.5, 0.6) is 0 Å². The van der Waals surface area contributed by atoms with Gasteiger partial charge >= 0.3 is 0 Å². The highest BCUT2D eigenvalue weighted by Gasteiger charge is 2.30. The smallest absolute Gasteiger partial charge is 0.227 e. The summed E-state index contributed by atoms with van der Waals surface area (Å²) in [6, 6.07) is 12.3. The van der Waals surface area contributed by atoms with Crippen LogP contribution in [0.1, 0.15) is 30.0 Å². The summed E-state index contributed by atoms with van der Waals surface area (Å²) in [6.45, 7) is 0.853. The first-order valence-electron chi connectivity index (χ1n) is 8.22. The van der Waals surface area contributed by atoms with Crippen molar-refractivity contribution in [3.63, 3.8) is 0 Å². The summed E-state index contributed by atoms with van der Waals surface area (Å²) in [7, 11) is 0. The molecule has 0 N–H and O–H groups in total. The van der Waals surface area contributed by atoms with Crippen LogP contribution in [0.3, 0.4) is 0 Å². The number of amides is 1. The second-order valence-electron chi connectivity index (χ2n) is 6.11. The molecule has 0 spiro atoms. The Morgan fingerprint density at radius 1 is 1.25 bits per heavy atom. The average Bonchev–Trinajstić information content (AvgIpc) is 3.36. The van der Waals surface area contributed by atoms with Crippen molar-refractivity contribution < 1.29 is 4.79 Å². The molecule has 3 aromatic rings. The van der Waals surface area contributed by atoms with Gasteiger partial charge < -0.3 is 4.90 Å². The lowest BCUT2D eigenvalue weighted by Gasteiger charge is -2.24. The number of aromatic nitrogens is 2. The Kier molecular flexibility index (Phi) is 4.17. The number of para-hydroxylation sites is 1. The van der Waals surface area contributed by atoms with Gasteiger partial charge in [0, 0.05) is 12.7 Å². The number of rotatable bonds is 4. The fraction of sp³-hybridized carbons (Fsp3) is 0.263. The molecule has 122 valence electrons. The molecular formula is C19H19N3OS. The van der Waals surface area contributed by atoms with E-state index < -0.39 is 0 Å². The van der Waals surface area contributed by atoms with Gasteiger partial charge in [-0.3, -0.25) is 4.79 Å². The van der Waals surface area contributed by atoms with E-state index in [9.17, 15) is 4.79 Å². The third-order valence-corrected chi connectivity index (χ3v) is 5.21. The number of benzene rings is 1. The molecule has 1 aliphatic rings. The van der Waals surface area contributed by atoms with Crippen LogP contribution in [0.25, 0.3) is 5.69 Å². The molecule has 4 rings (SSSR count). The molecule has 1 aliphatic heterocycles. The van der Waals surface area contributed by atoms with Gasteiger partial charge in [0.05, 0.1) is 24.3 Å². The molecular weight excluding hydrogens is 318 g/mol. The molecule has 1 atom stereocenters. The van der Waals surface area contributed by atoms with Gasteiger partial charge in [-0.1, -0.05) is 18.2 Å². The highest BCUT2D eigenvalue weighted by atomic mass is 32.1. The van der Waals surface area contributed by atoms with Crippen LogP contribution >= 0.6 is 11.3 Å². The van der Waals surface area contributed by atoms with Gasteiger partial charge in [-0.25, -0.2) is 4.68 Å². The Morgan fingerprint density at radius 3 is 2.92 bits per heavy atom. The SMILES string of the molecule is O=C(Cc1cnn(-c2ccccc2)c1)N1CCCC1c1ccsc1. The van der Waals surface area contributed by atoms with E-state index in [4.69, 9.17) is 0 Å². The highest BCUT2D eigenvalue weighted by Crippen LogP contribution is 2.33. The molecule has 5 heteroatoms. The fourth-order valence-corrected chi connectivity index (χ4v) is 4.03. The summed E-state index contributed by atoms with van der Waals surface area (Å²) in [5.74, 6) is 0.191. The van der Waals surface area contributed by atoms with Crippen molar-refractivity contribution in [1.82, 2.24) is 14.7 Å². The number of hydrogen-bond donors (Lipinski definition) is 0. The Balaban J connectivity index is 1.47. The van der Waals surface area contributed by atoms with Crippen LogP contribution in [0.2, 0.25) is 0 Å². The zero-order valence-electron chi connectivity index (χ0n) is 13.3. The third-order valence-electron chi connectivity index (χ3n) is 4.51. The summed E-state index contributed by atoms with van der Waals surface area (Å²) >= 11 is 1.69. The highest BCUT2D eigenvalue weighted by molar-refractivity contribution is 7.07. The summed E-state index contributed by atoms with van der Waals surface area (Å²) in [5.41, 5.74) is 3.24. The normalized spacial score (nSPS) is 17.3. The molecule has 1 fully saturated rings. The first kappa shape index (κ1) is 15.1. The lowest BCUT2D eigenvalue weighted by molar-refractivity contribution is -0.131. The predicted molar refractivity (Wildman–Crippen MR) is 95.3 cm³/mol. The largest absolute Gasteiger partial charge is 0.335 e. The minimum Gasteiger partial charge on any atom is -0.335 e. The molecule has 3 heterocycles. The van der Waals surface area contributed by atoms with Gasteiger partial charge in [0.15, 0.2) is 0 Å². The van der Waals surface area contributed by atoms with Crippen molar-refractivity contribution in [2.75, 3.05) is 6.54 Å². The van der Waals surface area contributed by atoms with Crippen molar-refractivity contribution in [3.05, 3.63) is 70.7 Å². The van der Waals surface area contributed by atoms with Crippen molar-refractivity contribution in [1.29, 1.82) is 0 Å². The van der Waals surface area contributed by atoms with E-state index in [1.54, 1.807) is 17.5 Å². The summed E-state index contributed by atoms with van der Waals surface area (Å²) in [4.78, 5) is 14.8. The van der Waals surface area contributed by atoms with E-state index >= 15 is 0 Å². The third kappa shape index (κ3) is 2.99. The van der Waals surface area contributed by atoms with E-state index in [-0.39, 0.29) is 11.9 Å². The van der Waals surface area contributed by atoms with Crippen LogP contribution in [0.15, 0.2) is 59.6 Å². The summed E-state index contributed by atoms with van der Waals surface area (Å²) in [6.07, 6.45) is 6.29. The van der Waals surface area contributed by atoms with Crippen LogP contribution in [-0.2, 0) is 11.2 Å². The van der Waals surface area contributed by atoms with Crippen molar-refractivity contribution >= 4 is 17.2 Å². The maximum absolute atomic E-state index is 12.8. The number of likely N-dealkylation sites (tertiary alicyclic amines) is 1. The van der Waals surface area contributed by atoms with E-state index in [2.05, 4.69) is 21.9 Å². The van der Waals surface area contributed by atoms with E-state index in [1.807, 2.05) is 46.1 Å². The number of nitrogens with zero attached hydrogens (tertiary/aromatic N) is 3. The Labute approximate surface area is 145 Å². The molecule has 0 radical (unpaired) electrons. The van der Waals surface area contributed by atoms with Crippen LogP contribution < -0.4 is 0 Å². The van der Waals surface area contributed by atoms with Crippen LogP contribution in [0, 0.1) is 0 Å². The van der Waals surface area contributed by atoms with Crippen molar-refractivity contribution in [3.8, 4) is 5.69 Å². The molecule has 2 aromatic heterocycles. The zero-order chi connectivity index (χ0) is 16.4. The molecule has 0 aliphatic carbocycles. The monoisotopic (exact) mass is 337 g/mol. The standard InChI is InChI=1S/C19H19N3OS/c23-19(21-9-4-7-18(21)16-8-10-24-14-16)11-15-12-20-22(13-15)17-5-2-1-3-6-17/h1-3,5-6,8,10,12-14,18H,4,7,9,11H2. The number of thiophene rings is 1. The minimum atomic E-state index is 0.191. The van der Waals surface area contributed by atoms with Crippen LogP contribution in [0.4, 0.5) is 0 Å². The van der Waals surface area contributed by atoms with Gasteiger partial charge in [0.25, 0.3) is 0 Å². The van der Waals surface area contributed by atoms with Gasteiger partial charge in [-0.15, -0.1) is 0 Å². The Morgan fingerprint density at radius 2 is 2.12 bits per heavy atom. The maximum atomic E-state index is 12.8. The molecule has 1 unspecified atom stereocenters. The fourth-order valence-electron chi connectivity index (χ4n) is 3.33. The van der Waals surface area contributed by atoms with E-state index in [0.717, 1.165) is 30.6 Å². The molecule has 1 amide bonds. The average molecular weight is 337 g/mol. The predicted octanol–water partition coefficient (Wildman–Crippen LogP) is 3.84. The van der Waals surface area contributed by atoms with E-state index in [1.165, 1.54) is 5.56 Å². The summed E-state index contributed by atoms with van der Waals surface area (Å²) < 4.78 is 1.82. The minimum absolute atomic E-state index is 0.191. The second-order valence-corrected chi connectivity index (χ2v) is 6.89. The van der Waals surface area contributed by atoms with Crippen molar-refractivity contribution in [2.45, 2.75) is 25.3 Å². The molecule has 24 heavy (non-hydrogen) atoms. The van der Waals surface area contributed by atoms with E-state index in [0.29, 0.717) is 6.42 Å². The Hall–Kier alpha value is -2.40. The van der Waals surface area contributed by atoms with Gasteiger partial charge in [-0.05, 0) is 52.9 Å². The number of carbonyl (C=O) groups excluding carboxylic acids is 1. The molecule has 1 saturated heterocycles. The first-order valence-corrected chi connectivity index (χ1v) is 9.16. The molecule has 0 saturated carbocycles. The first-order chi connectivity index (χ1) is 11.8.